The topological polar surface area (TPSA) is 101 Å². The molecule has 0 bridgehead atoms. The lowest BCUT2D eigenvalue weighted by Gasteiger charge is -2.30. The summed E-state index contributed by atoms with van der Waals surface area (Å²) in [6.07, 6.45) is 4.41. The third kappa shape index (κ3) is 5.80. The van der Waals surface area contributed by atoms with Gasteiger partial charge in [0.1, 0.15) is 12.3 Å². The van der Waals surface area contributed by atoms with Crippen LogP contribution < -0.4 is 4.74 Å². The van der Waals surface area contributed by atoms with Gasteiger partial charge in [-0.05, 0) is 74.4 Å². The fourth-order valence-corrected chi connectivity index (χ4v) is 5.12. The van der Waals surface area contributed by atoms with Crippen LogP contribution in [-0.4, -0.2) is 46.0 Å². The number of hydrogen-bond acceptors (Lipinski definition) is 6. The molecule has 0 aromatic heterocycles. The van der Waals surface area contributed by atoms with Crippen molar-refractivity contribution in [3.8, 4) is 5.75 Å². The van der Waals surface area contributed by atoms with Gasteiger partial charge in [-0.2, -0.15) is 5.01 Å². The van der Waals surface area contributed by atoms with Gasteiger partial charge >= 0.3 is 5.97 Å². The molecule has 2 atom stereocenters. The summed E-state index contributed by atoms with van der Waals surface area (Å²) in [5.41, 5.74) is 1.62. The second-order valence-corrected chi connectivity index (χ2v) is 10.7. The van der Waals surface area contributed by atoms with Crippen LogP contribution in [0.5, 0.6) is 5.75 Å². The molecule has 208 valence electrons. The lowest BCUT2D eigenvalue weighted by molar-refractivity contribution is -0.154. The number of amides is 3. The quantitative estimate of drug-likeness (QED) is 0.115. The van der Waals surface area contributed by atoms with Crippen LogP contribution in [0, 0.1) is 18.8 Å². The predicted molar refractivity (Wildman–Crippen MR) is 152 cm³/mol. The first-order chi connectivity index (χ1) is 19.6. The zero-order valence-corrected chi connectivity index (χ0v) is 23.4. The number of benzene rings is 3. The average molecular weight is 591 g/mol. The van der Waals surface area contributed by atoms with Crippen molar-refractivity contribution >= 4 is 52.7 Å². The Morgan fingerprint density at radius 2 is 1.37 bits per heavy atom. The second-order valence-electron chi connectivity index (χ2n) is 9.84. The fourth-order valence-electron chi connectivity index (χ4n) is 4.82. The number of rotatable bonds is 7. The van der Waals surface area contributed by atoms with E-state index in [0.29, 0.717) is 18.4 Å². The molecule has 3 aromatic carbocycles. The van der Waals surface area contributed by atoms with E-state index in [2.05, 4.69) is 0 Å². The van der Waals surface area contributed by atoms with E-state index in [9.17, 15) is 24.0 Å². The summed E-state index contributed by atoms with van der Waals surface area (Å²) >= 11 is 12.1. The highest BCUT2D eigenvalue weighted by Gasteiger charge is 2.51. The number of carbonyl (C=O) groups excluding carboxylic acids is 5. The number of imide groups is 1. The highest BCUT2D eigenvalue weighted by molar-refractivity contribution is 6.42. The summed E-state index contributed by atoms with van der Waals surface area (Å²) < 4.78 is 5.40. The molecule has 2 aliphatic rings. The Labute approximate surface area is 246 Å². The molecule has 5 rings (SSSR count). The molecule has 3 aromatic rings. The third-order valence-corrected chi connectivity index (χ3v) is 7.83. The van der Waals surface area contributed by atoms with Crippen LogP contribution >= 0.6 is 23.2 Å². The Morgan fingerprint density at radius 1 is 0.805 bits per heavy atom. The Morgan fingerprint density at radius 3 is 1.95 bits per heavy atom. The molecular weight excluding hydrogens is 567 g/mol. The number of ether oxygens (including phenoxy) is 1. The largest absolute Gasteiger partial charge is 0.423 e. The van der Waals surface area contributed by atoms with E-state index in [-0.39, 0.29) is 26.9 Å². The minimum Gasteiger partial charge on any atom is -0.423 e. The maximum absolute atomic E-state index is 13.6. The molecule has 0 spiro atoms. The number of fused-ring (bicyclic) bond motifs is 1. The van der Waals surface area contributed by atoms with Gasteiger partial charge in [-0.3, -0.25) is 19.2 Å². The molecule has 0 saturated carbocycles. The van der Waals surface area contributed by atoms with E-state index in [1.807, 2.05) is 19.1 Å². The van der Waals surface area contributed by atoms with Crippen molar-refractivity contribution in [1.29, 1.82) is 0 Å². The highest BCUT2D eigenvalue weighted by atomic mass is 35.5. The standard InChI is InChI=1S/C31H24Cl2N2O6/c1-18-6-8-20(9-7-18)31(40)41-22-13-10-19(11-14-22)27(36)17-34(28(37)21-12-15-25(32)26(33)16-21)35-29(38)23-4-2-3-5-24(23)30(35)39/h2-3,6-16,23-24H,4-5,17H2,1H3/t23-,24-/m1/s1. The van der Waals surface area contributed by atoms with E-state index in [1.54, 1.807) is 24.3 Å². The summed E-state index contributed by atoms with van der Waals surface area (Å²) in [5, 5.41) is 2.00. The van der Waals surface area contributed by atoms with Crippen molar-refractivity contribution in [3.05, 3.63) is 111 Å². The number of hydrazine groups is 1. The van der Waals surface area contributed by atoms with Gasteiger partial charge in [0.2, 0.25) is 0 Å². The molecule has 1 aliphatic heterocycles. The summed E-state index contributed by atoms with van der Waals surface area (Å²) in [4.78, 5) is 66.1. The van der Waals surface area contributed by atoms with Gasteiger partial charge in [0.05, 0.1) is 27.4 Å². The molecule has 1 saturated heterocycles. The molecule has 41 heavy (non-hydrogen) atoms. The van der Waals surface area contributed by atoms with E-state index in [4.69, 9.17) is 27.9 Å². The summed E-state index contributed by atoms with van der Waals surface area (Å²) in [6, 6.07) is 16.8. The van der Waals surface area contributed by atoms with Gasteiger partial charge in [-0.25, -0.2) is 9.80 Å². The second kappa shape index (κ2) is 11.7. The normalized spacial score (nSPS) is 17.8. The van der Waals surface area contributed by atoms with Gasteiger partial charge in [0, 0.05) is 11.1 Å². The number of hydrogen-bond donors (Lipinski definition) is 0. The zero-order valence-electron chi connectivity index (χ0n) is 21.9. The number of ketones is 1. The van der Waals surface area contributed by atoms with E-state index < -0.39 is 47.9 Å². The van der Waals surface area contributed by atoms with Gasteiger partial charge in [-0.15, -0.1) is 0 Å². The summed E-state index contributed by atoms with van der Waals surface area (Å²) in [6.45, 7) is 1.32. The van der Waals surface area contributed by atoms with Crippen molar-refractivity contribution < 1.29 is 28.7 Å². The first-order valence-electron chi connectivity index (χ1n) is 12.9. The minimum atomic E-state index is -0.756. The molecule has 0 radical (unpaired) electrons. The van der Waals surface area contributed by atoms with Gasteiger partial charge in [0.15, 0.2) is 5.78 Å². The number of allylic oxidation sites excluding steroid dienone is 2. The first kappa shape index (κ1) is 28.3. The number of esters is 1. The molecule has 10 heteroatoms. The van der Waals surface area contributed by atoms with Crippen LogP contribution in [0.1, 0.15) is 49.5 Å². The third-order valence-electron chi connectivity index (χ3n) is 7.09. The number of aryl methyl sites for hydroxylation is 1. The maximum atomic E-state index is 13.6. The Balaban J connectivity index is 1.38. The first-order valence-corrected chi connectivity index (χ1v) is 13.6. The van der Waals surface area contributed by atoms with Crippen molar-refractivity contribution in [2.75, 3.05) is 6.54 Å². The SMILES string of the molecule is Cc1ccc(C(=O)Oc2ccc(C(=O)CN(C(=O)c3ccc(Cl)c(Cl)c3)N3C(=O)[C@@H]4CC=CC[C@H]4C3=O)cc2)cc1. The lowest BCUT2D eigenvalue weighted by Crippen LogP contribution is -2.52. The predicted octanol–water partition coefficient (Wildman–Crippen LogP) is 5.71. The zero-order chi connectivity index (χ0) is 29.3. The number of carbonyl (C=O) groups is 5. The Kier molecular flexibility index (Phi) is 8.06. The van der Waals surface area contributed by atoms with Crippen LogP contribution in [0.3, 0.4) is 0 Å². The van der Waals surface area contributed by atoms with Crippen LogP contribution in [0.25, 0.3) is 0 Å². The Hall–Kier alpha value is -4.27. The highest BCUT2D eigenvalue weighted by Crippen LogP contribution is 2.36. The van der Waals surface area contributed by atoms with Crippen LogP contribution in [-0.2, 0) is 9.59 Å². The number of nitrogens with zero attached hydrogens (tertiary/aromatic N) is 2. The fraction of sp³-hybridized carbons (Fsp3) is 0.194. The van der Waals surface area contributed by atoms with Crippen molar-refractivity contribution in [2.45, 2.75) is 19.8 Å². The van der Waals surface area contributed by atoms with Gasteiger partial charge < -0.3 is 4.74 Å². The van der Waals surface area contributed by atoms with E-state index in [1.165, 1.54) is 42.5 Å². The summed E-state index contributed by atoms with van der Waals surface area (Å²) in [7, 11) is 0. The number of halogens is 2. The number of Topliss-reactive ketones (excluding diaryl/α,β-unsaturated/α-hetero) is 1. The smallest absolute Gasteiger partial charge is 0.343 e. The minimum absolute atomic E-state index is 0.0548. The van der Waals surface area contributed by atoms with Crippen molar-refractivity contribution in [1.82, 2.24) is 10.0 Å². The van der Waals surface area contributed by atoms with E-state index >= 15 is 0 Å². The molecule has 1 heterocycles. The monoisotopic (exact) mass is 590 g/mol. The van der Waals surface area contributed by atoms with Crippen LogP contribution in [0.2, 0.25) is 10.0 Å². The molecular formula is C31H24Cl2N2O6. The molecule has 0 unspecified atom stereocenters. The van der Waals surface area contributed by atoms with Gasteiger partial charge in [-0.1, -0.05) is 53.1 Å². The maximum Gasteiger partial charge on any atom is 0.343 e. The molecule has 3 amide bonds. The van der Waals surface area contributed by atoms with Crippen molar-refractivity contribution in [2.24, 2.45) is 11.8 Å². The van der Waals surface area contributed by atoms with Gasteiger partial charge in [0.25, 0.3) is 17.7 Å². The molecule has 1 fully saturated rings. The van der Waals surface area contributed by atoms with E-state index in [0.717, 1.165) is 15.6 Å². The summed E-state index contributed by atoms with van der Waals surface area (Å²) in [5.74, 6) is -3.91. The molecule has 8 nitrogen and oxygen atoms in total. The lowest BCUT2D eigenvalue weighted by atomic mass is 9.85. The van der Waals surface area contributed by atoms with Crippen molar-refractivity contribution in [3.63, 3.8) is 0 Å². The van der Waals surface area contributed by atoms with Crippen LogP contribution in [0.4, 0.5) is 0 Å². The molecule has 0 N–H and O–H groups in total. The Bertz CT molecular complexity index is 1560. The van der Waals surface area contributed by atoms with Crippen LogP contribution in [0.15, 0.2) is 78.9 Å². The average Bonchev–Trinajstić information content (AvgIpc) is 3.22. The molecule has 1 aliphatic carbocycles.